The fraction of sp³-hybridized carbons (Fsp3) is 0.143. The van der Waals surface area contributed by atoms with Gasteiger partial charge in [-0.2, -0.15) is 18.3 Å². The number of Topliss-reactive ketones (excluding diaryl/α,β-unsaturated/α-hetero) is 1. The van der Waals surface area contributed by atoms with Crippen molar-refractivity contribution in [2.75, 3.05) is 0 Å². The maximum atomic E-state index is 12.5. The van der Waals surface area contributed by atoms with Crippen LogP contribution >= 0.6 is 0 Å². The molecule has 0 aliphatic rings. The van der Waals surface area contributed by atoms with Gasteiger partial charge in [-0.25, -0.2) is 4.68 Å². The number of carbonyl (C=O) groups is 1. The number of aromatic nitrogens is 2. The monoisotopic (exact) mass is 280 g/mol. The van der Waals surface area contributed by atoms with Crippen LogP contribution in [-0.2, 0) is 11.0 Å². The van der Waals surface area contributed by atoms with Crippen molar-refractivity contribution < 1.29 is 18.0 Å². The standard InChI is InChI=1S/C14H11F3N2O/c1-10(20)12(9-11-5-3-2-4-6-11)19-8-7-13(18-19)14(15,16)17/h2-9H,1H3/b12-9-. The molecule has 0 atom stereocenters. The summed E-state index contributed by atoms with van der Waals surface area (Å²) in [5, 5.41) is 3.40. The fourth-order valence-electron chi connectivity index (χ4n) is 1.65. The molecule has 0 spiro atoms. The first-order chi connectivity index (χ1) is 9.38. The van der Waals surface area contributed by atoms with Gasteiger partial charge in [-0.3, -0.25) is 4.79 Å². The highest BCUT2D eigenvalue weighted by molar-refractivity contribution is 6.18. The van der Waals surface area contributed by atoms with Gasteiger partial charge >= 0.3 is 6.18 Å². The van der Waals surface area contributed by atoms with Crippen molar-refractivity contribution in [2.45, 2.75) is 13.1 Å². The van der Waals surface area contributed by atoms with Crippen LogP contribution in [-0.4, -0.2) is 15.6 Å². The van der Waals surface area contributed by atoms with Crippen molar-refractivity contribution in [1.29, 1.82) is 0 Å². The number of alkyl halides is 3. The van der Waals surface area contributed by atoms with Crippen molar-refractivity contribution >= 4 is 17.6 Å². The van der Waals surface area contributed by atoms with E-state index in [2.05, 4.69) is 5.10 Å². The summed E-state index contributed by atoms with van der Waals surface area (Å²) < 4.78 is 38.5. The van der Waals surface area contributed by atoms with Crippen molar-refractivity contribution in [3.63, 3.8) is 0 Å². The molecule has 0 saturated heterocycles. The topological polar surface area (TPSA) is 34.9 Å². The van der Waals surface area contributed by atoms with E-state index >= 15 is 0 Å². The van der Waals surface area contributed by atoms with E-state index in [9.17, 15) is 18.0 Å². The number of nitrogens with zero attached hydrogens (tertiary/aromatic N) is 2. The first kappa shape index (κ1) is 14.0. The molecule has 0 N–H and O–H groups in total. The van der Waals surface area contributed by atoms with Gasteiger partial charge in [0.1, 0.15) is 5.70 Å². The number of allylic oxidation sites excluding steroid dienone is 1. The number of rotatable bonds is 3. The van der Waals surface area contributed by atoms with Gasteiger partial charge in [-0.1, -0.05) is 30.3 Å². The maximum Gasteiger partial charge on any atom is 0.435 e. The molecule has 0 aliphatic carbocycles. The van der Waals surface area contributed by atoms with Gasteiger partial charge in [0.15, 0.2) is 11.5 Å². The maximum absolute atomic E-state index is 12.5. The summed E-state index contributed by atoms with van der Waals surface area (Å²) in [7, 11) is 0. The third-order valence-electron chi connectivity index (χ3n) is 2.59. The Balaban J connectivity index is 2.42. The van der Waals surface area contributed by atoms with Crippen LogP contribution in [0.4, 0.5) is 13.2 Å². The Bertz CT molecular complexity index is 642. The zero-order valence-electron chi connectivity index (χ0n) is 10.6. The molecule has 104 valence electrons. The lowest BCUT2D eigenvalue weighted by Crippen LogP contribution is -2.10. The molecule has 1 aromatic carbocycles. The smallest absolute Gasteiger partial charge is 0.293 e. The van der Waals surface area contributed by atoms with E-state index in [4.69, 9.17) is 0 Å². The van der Waals surface area contributed by atoms with Crippen LogP contribution in [0.2, 0.25) is 0 Å². The number of benzene rings is 1. The normalized spacial score (nSPS) is 12.5. The molecular weight excluding hydrogens is 269 g/mol. The average molecular weight is 280 g/mol. The molecule has 0 fully saturated rings. The van der Waals surface area contributed by atoms with Crippen LogP contribution in [0.15, 0.2) is 42.6 Å². The first-order valence-corrected chi connectivity index (χ1v) is 5.79. The largest absolute Gasteiger partial charge is 0.435 e. The Morgan fingerprint density at radius 3 is 2.35 bits per heavy atom. The summed E-state index contributed by atoms with van der Waals surface area (Å²) in [6, 6.07) is 9.68. The number of hydrogen-bond donors (Lipinski definition) is 0. The molecule has 0 saturated carbocycles. The van der Waals surface area contributed by atoms with Crippen LogP contribution in [0.5, 0.6) is 0 Å². The molecule has 3 nitrogen and oxygen atoms in total. The van der Waals surface area contributed by atoms with E-state index in [1.165, 1.54) is 13.0 Å². The van der Waals surface area contributed by atoms with Crippen LogP contribution in [0.3, 0.4) is 0 Å². The summed E-state index contributed by atoms with van der Waals surface area (Å²) in [5.41, 5.74) is -0.244. The van der Waals surface area contributed by atoms with Crippen molar-refractivity contribution in [1.82, 2.24) is 9.78 Å². The molecular formula is C14H11F3N2O. The number of halogens is 3. The zero-order valence-corrected chi connectivity index (χ0v) is 10.6. The lowest BCUT2D eigenvalue weighted by Gasteiger charge is -2.05. The second-order valence-electron chi connectivity index (χ2n) is 4.14. The van der Waals surface area contributed by atoms with Gasteiger partial charge < -0.3 is 0 Å². The Morgan fingerprint density at radius 2 is 1.85 bits per heavy atom. The highest BCUT2D eigenvalue weighted by Gasteiger charge is 2.33. The Hall–Kier alpha value is -2.37. The van der Waals surface area contributed by atoms with Gasteiger partial charge in [0, 0.05) is 13.1 Å². The summed E-state index contributed by atoms with van der Waals surface area (Å²) in [6.45, 7) is 1.28. The zero-order chi connectivity index (χ0) is 14.8. The fourth-order valence-corrected chi connectivity index (χ4v) is 1.65. The molecule has 20 heavy (non-hydrogen) atoms. The van der Waals surface area contributed by atoms with Crippen LogP contribution in [0, 0.1) is 0 Å². The van der Waals surface area contributed by atoms with E-state index in [1.807, 2.05) is 0 Å². The highest BCUT2D eigenvalue weighted by Crippen LogP contribution is 2.28. The average Bonchev–Trinajstić information content (AvgIpc) is 2.86. The minimum Gasteiger partial charge on any atom is -0.293 e. The third-order valence-corrected chi connectivity index (χ3v) is 2.59. The second-order valence-corrected chi connectivity index (χ2v) is 4.14. The summed E-state index contributed by atoms with van der Waals surface area (Å²) in [5.74, 6) is -0.370. The van der Waals surface area contributed by atoms with E-state index in [0.717, 1.165) is 16.9 Å². The number of ketones is 1. The van der Waals surface area contributed by atoms with Crippen LogP contribution in [0.25, 0.3) is 11.8 Å². The van der Waals surface area contributed by atoms with Gasteiger partial charge in [-0.05, 0) is 17.7 Å². The summed E-state index contributed by atoms with van der Waals surface area (Å²) in [6.07, 6.45) is -1.91. The lowest BCUT2D eigenvalue weighted by molar-refractivity contribution is -0.141. The molecule has 0 amide bonds. The van der Waals surface area contributed by atoms with E-state index in [1.54, 1.807) is 30.3 Å². The highest BCUT2D eigenvalue weighted by atomic mass is 19.4. The van der Waals surface area contributed by atoms with Crippen LogP contribution in [0.1, 0.15) is 18.2 Å². The van der Waals surface area contributed by atoms with Gasteiger partial charge in [0.2, 0.25) is 0 Å². The SMILES string of the molecule is CC(=O)/C(=C/c1ccccc1)n1ccc(C(F)(F)F)n1. The molecule has 2 rings (SSSR count). The van der Waals surface area contributed by atoms with Crippen LogP contribution < -0.4 is 0 Å². The Morgan fingerprint density at radius 1 is 1.20 bits per heavy atom. The van der Waals surface area contributed by atoms with E-state index in [0.29, 0.717) is 5.56 Å². The number of carbonyl (C=O) groups excluding carboxylic acids is 1. The molecule has 6 heteroatoms. The minimum atomic E-state index is -4.53. The van der Waals surface area contributed by atoms with Gasteiger partial charge in [0.25, 0.3) is 0 Å². The van der Waals surface area contributed by atoms with Crippen molar-refractivity contribution in [2.24, 2.45) is 0 Å². The third kappa shape index (κ3) is 3.14. The second kappa shape index (κ2) is 5.32. The van der Waals surface area contributed by atoms with Crippen molar-refractivity contribution in [3.05, 3.63) is 53.9 Å². The predicted octanol–water partition coefficient (Wildman–Crippen LogP) is 3.49. The lowest BCUT2D eigenvalue weighted by atomic mass is 10.1. The molecule has 0 aliphatic heterocycles. The quantitative estimate of drug-likeness (QED) is 0.807. The van der Waals surface area contributed by atoms with Gasteiger partial charge in [0.05, 0.1) is 0 Å². The van der Waals surface area contributed by atoms with Gasteiger partial charge in [-0.15, -0.1) is 0 Å². The predicted molar refractivity (Wildman–Crippen MR) is 68.5 cm³/mol. The molecule has 0 unspecified atom stereocenters. The molecule has 1 aromatic heterocycles. The van der Waals surface area contributed by atoms with E-state index < -0.39 is 11.9 Å². The molecule has 1 heterocycles. The Labute approximate surface area is 113 Å². The molecule has 2 aromatic rings. The number of hydrogen-bond acceptors (Lipinski definition) is 2. The summed E-state index contributed by atoms with van der Waals surface area (Å²) in [4.78, 5) is 11.6. The summed E-state index contributed by atoms with van der Waals surface area (Å²) >= 11 is 0. The Kier molecular flexibility index (Phi) is 3.74. The van der Waals surface area contributed by atoms with Crippen molar-refractivity contribution in [3.8, 4) is 0 Å². The molecule has 0 bridgehead atoms. The first-order valence-electron chi connectivity index (χ1n) is 5.79. The van der Waals surface area contributed by atoms with E-state index in [-0.39, 0.29) is 11.5 Å². The molecule has 0 radical (unpaired) electrons. The minimum absolute atomic E-state index is 0.0756.